The van der Waals surface area contributed by atoms with Gasteiger partial charge < -0.3 is 5.73 Å². The molecule has 5 nitrogen and oxygen atoms in total. The summed E-state index contributed by atoms with van der Waals surface area (Å²) < 4.78 is 13.9. The summed E-state index contributed by atoms with van der Waals surface area (Å²) in [6.45, 7) is 0. The first-order valence-corrected chi connectivity index (χ1v) is 6.36. The molecule has 3 N–H and O–H groups in total. The van der Waals surface area contributed by atoms with Gasteiger partial charge in [-0.3, -0.25) is 15.5 Å². The number of rotatable bonds is 4. The highest BCUT2D eigenvalue weighted by molar-refractivity contribution is 7.99. The molecule has 0 aliphatic rings. The van der Waals surface area contributed by atoms with Crippen LogP contribution in [0.4, 0.5) is 10.1 Å². The topological polar surface area (TPSA) is 93.0 Å². The second kappa shape index (κ2) is 5.70. The third-order valence-electron chi connectivity index (χ3n) is 2.52. The van der Waals surface area contributed by atoms with Crippen LogP contribution in [-0.2, 0) is 0 Å². The maximum atomic E-state index is 13.9. The highest BCUT2D eigenvalue weighted by Crippen LogP contribution is 2.35. The van der Waals surface area contributed by atoms with Crippen LogP contribution in [0.1, 0.15) is 5.56 Å². The molecular formula is C13H10FN3O2S. The van der Waals surface area contributed by atoms with Gasteiger partial charge in [0.2, 0.25) is 0 Å². The van der Waals surface area contributed by atoms with Gasteiger partial charge in [-0.25, -0.2) is 4.39 Å². The Kier molecular flexibility index (Phi) is 3.99. The van der Waals surface area contributed by atoms with Crippen molar-refractivity contribution in [3.05, 3.63) is 64.0 Å². The number of nitro benzene ring substituents is 1. The Bertz CT molecular complexity index is 691. The van der Waals surface area contributed by atoms with Crippen molar-refractivity contribution >= 4 is 23.3 Å². The first-order valence-electron chi connectivity index (χ1n) is 5.54. The quantitative estimate of drug-likeness (QED) is 0.391. The molecule has 0 unspecified atom stereocenters. The van der Waals surface area contributed by atoms with E-state index in [-0.39, 0.29) is 22.0 Å². The maximum absolute atomic E-state index is 13.9. The van der Waals surface area contributed by atoms with E-state index in [0.717, 1.165) is 17.8 Å². The molecule has 2 rings (SSSR count). The van der Waals surface area contributed by atoms with Gasteiger partial charge in [0.25, 0.3) is 5.69 Å². The van der Waals surface area contributed by atoms with Crippen LogP contribution in [0.2, 0.25) is 0 Å². The highest BCUT2D eigenvalue weighted by atomic mass is 32.2. The molecule has 2 aromatic rings. The second-order valence-corrected chi connectivity index (χ2v) is 4.97. The van der Waals surface area contributed by atoms with E-state index >= 15 is 0 Å². The Morgan fingerprint density at radius 3 is 2.55 bits per heavy atom. The maximum Gasteiger partial charge on any atom is 0.283 e. The van der Waals surface area contributed by atoms with Gasteiger partial charge in [-0.15, -0.1) is 0 Å². The Hall–Kier alpha value is -2.41. The average Bonchev–Trinajstić information content (AvgIpc) is 2.41. The van der Waals surface area contributed by atoms with Gasteiger partial charge >= 0.3 is 0 Å². The first-order chi connectivity index (χ1) is 9.49. The Morgan fingerprint density at radius 2 is 1.95 bits per heavy atom. The van der Waals surface area contributed by atoms with Crippen LogP contribution < -0.4 is 5.73 Å². The number of nitrogens with zero attached hydrogens (tertiary/aromatic N) is 1. The summed E-state index contributed by atoms with van der Waals surface area (Å²) in [6.07, 6.45) is 0. The van der Waals surface area contributed by atoms with Gasteiger partial charge in [-0.1, -0.05) is 23.9 Å². The van der Waals surface area contributed by atoms with E-state index in [1.54, 1.807) is 18.2 Å². The van der Waals surface area contributed by atoms with E-state index in [9.17, 15) is 14.5 Å². The number of para-hydroxylation sites is 1. The fraction of sp³-hybridized carbons (Fsp3) is 0. The molecule has 0 heterocycles. The number of nitrogens with one attached hydrogen (secondary N) is 1. The number of nitrogens with two attached hydrogens (primary N) is 1. The number of halogens is 1. The molecule has 0 aliphatic heterocycles. The smallest absolute Gasteiger partial charge is 0.283 e. The van der Waals surface area contributed by atoms with E-state index in [4.69, 9.17) is 11.1 Å². The zero-order valence-electron chi connectivity index (χ0n) is 10.2. The molecule has 0 saturated heterocycles. The summed E-state index contributed by atoms with van der Waals surface area (Å²) in [6, 6.07) is 10.2. The highest BCUT2D eigenvalue weighted by Gasteiger charge is 2.15. The van der Waals surface area contributed by atoms with Gasteiger partial charge in [0.15, 0.2) is 0 Å². The molecule has 0 fully saturated rings. The van der Waals surface area contributed by atoms with E-state index in [1.165, 1.54) is 18.2 Å². The van der Waals surface area contributed by atoms with Crippen LogP contribution in [0.25, 0.3) is 0 Å². The Morgan fingerprint density at radius 1 is 1.25 bits per heavy atom. The predicted octanol–water partition coefficient (Wildman–Crippen LogP) is 3.17. The number of nitrogen functional groups attached to an aromatic ring is 1. The van der Waals surface area contributed by atoms with Gasteiger partial charge in [0.05, 0.1) is 9.82 Å². The zero-order valence-corrected chi connectivity index (χ0v) is 11.0. The SMILES string of the molecule is N=C(N)c1ccc(Sc2ccccc2[N+](=O)[O-])c(F)c1. The minimum atomic E-state index is -0.569. The summed E-state index contributed by atoms with van der Waals surface area (Å²) >= 11 is 0.962. The lowest BCUT2D eigenvalue weighted by Gasteiger charge is -2.05. The van der Waals surface area contributed by atoms with Crippen LogP contribution in [0.5, 0.6) is 0 Å². The molecule has 7 heteroatoms. The van der Waals surface area contributed by atoms with Gasteiger partial charge in [-0.2, -0.15) is 0 Å². The largest absolute Gasteiger partial charge is 0.384 e. The van der Waals surface area contributed by atoms with Crippen molar-refractivity contribution in [2.45, 2.75) is 9.79 Å². The number of hydrogen-bond donors (Lipinski definition) is 2. The molecule has 0 radical (unpaired) electrons. The van der Waals surface area contributed by atoms with Crippen LogP contribution in [-0.4, -0.2) is 10.8 Å². The molecule has 0 aromatic heterocycles. The molecule has 0 saturated carbocycles. The lowest BCUT2D eigenvalue weighted by Crippen LogP contribution is -2.11. The van der Waals surface area contributed by atoms with Crippen LogP contribution in [0, 0.1) is 21.3 Å². The summed E-state index contributed by atoms with van der Waals surface area (Å²) in [5.74, 6) is -0.799. The fourth-order valence-corrected chi connectivity index (χ4v) is 2.49. The monoisotopic (exact) mass is 291 g/mol. The van der Waals surface area contributed by atoms with Crippen molar-refractivity contribution in [3.8, 4) is 0 Å². The minimum Gasteiger partial charge on any atom is -0.384 e. The molecule has 0 bridgehead atoms. The predicted molar refractivity (Wildman–Crippen MR) is 74.6 cm³/mol. The molecule has 20 heavy (non-hydrogen) atoms. The van der Waals surface area contributed by atoms with Crippen molar-refractivity contribution in [2.75, 3.05) is 0 Å². The molecule has 0 spiro atoms. The van der Waals surface area contributed by atoms with Crippen molar-refractivity contribution < 1.29 is 9.31 Å². The van der Waals surface area contributed by atoms with E-state index < -0.39 is 10.7 Å². The third kappa shape index (κ3) is 2.94. The first kappa shape index (κ1) is 14.0. The van der Waals surface area contributed by atoms with Gasteiger partial charge in [0.1, 0.15) is 11.7 Å². The molecule has 2 aromatic carbocycles. The minimum absolute atomic E-state index is 0.0763. The Labute approximate surface area is 118 Å². The number of nitro groups is 1. The van der Waals surface area contributed by atoms with E-state index in [1.807, 2.05) is 0 Å². The second-order valence-electron chi connectivity index (χ2n) is 3.89. The molecule has 0 amide bonds. The summed E-state index contributed by atoms with van der Waals surface area (Å²) in [4.78, 5) is 11.0. The zero-order chi connectivity index (χ0) is 14.7. The van der Waals surface area contributed by atoms with Gasteiger partial charge in [-0.05, 0) is 24.3 Å². The third-order valence-corrected chi connectivity index (χ3v) is 3.64. The molecule has 102 valence electrons. The summed E-state index contributed by atoms with van der Waals surface area (Å²) in [5, 5.41) is 18.1. The molecule has 0 aliphatic carbocycles. The standard InChI is InChI=1S/C13H10FN3O2S/c14-9-7-8(13(15)16)5-6-11(9)20-12-4-2-1-3-10(12)17(18)19/h1-7H,(H3,15,16). The van der Waals surface area contributed by atoms with Crippen molar-refractivity contribution in [3.63, 3.8) is 0 Å². The van der Waals surface area contributed by atoms with Crippen LogP contribution >= 0.6 is 11.8 Å². The lowest BCUT2D eigenvalue weighted by molar-refractivity contribution is -0.387. The lowest BCUT2D eigenvalue weighted by atomic mass is 10.2. The average molecular weight is 291 g/mol. The number of amidine groups is 1. The van der Waals surface area contributed by atoms with Crippen molar-refractivity contribution in [1.82, 2.24) is 0 Å². The Balaban J connectivity index is 2.36. The normalized spacial score (nSPS) is 10.2. The molecular weight excluding hydrogens is 281 g/mol. The summed E-state index contributed by atoms with van der Waals surface area (Å²) in [5.41, 5.74) is 5.47. The van der Waals surface area contributed by atoms with E-state index in [0.29, 0.717) is 4.90 Å². The van der Waals surface area contributed by atoms with Crippen molar-refractivity contribution in [2.24, 2.45) is 5.73 Å². The number of benzene rings is 2. The summed E-state index contributed by atoms with van der Waals surface area (Å²) in [7, 11) is 0. The fourth-order valence-electron chi connectivity index (χ4n) is 1.56. The van der Waals surface area contributed by atoms with Gasteiger partial charge in [0, 0.05) is 16.5 Å². The van der Waals surface area contributed by atoms with Crippen molar-refractivity contribution in [1.29, 1.82) is 5.41 Å². The molecule has 0 atom stereocenters. The van der Waals surface area contributed by atoms with Crippen LogP contribution in [0.15, 0.2) is 52.3 Å². The van der Waals surface area contributed by atoms with Crippen LogP contribution in [0.3, 0.4) is 0 Å². The number of hydrogen-bond acceptors (Lipinski definition) is 4. The van der Waals surface area contributed by atoms with E-state index in [2.05, 4.69) is 0 Å².